The molecule has 1 heterocycles. The number of hydrogen-bond acceptors (Lipinski definition) is 3. The van der Waals surface area contributed by atoms with E-state index in [-0.39, 0.29) is 24.0 Å². The highest BCUT2D eigenvalue weighted by atomic mass is 16.5. The minimum absolute atomic E-state index is 0.0166. The van der Waals surface area contributed by atoms with E-state index in [1.54, 1.807) is 4.90 Å². The van der Waals surface area contributed by atoms with Gasteiger partial charge in [0.15, 0.2) is 5.78 Å². The van der Waals surface area contributed by atoms with Gasteiger partial charge in [-0.3, -0.25) is 14.5 Å². The number of nitrogens with zero attached hydrogens (tertiary/aromatic N) is 1. The Labute approximate surface area is 193 Å². The summed E-state index contributed by atoms with van der Waals surface area (Å²) < 4.78 is 5.88. The van der Waals surface area contributed by atoms with Crippen LogP contribution in [0.25, 0.3) is 6.08 Å². The zero-order valence-electron chi connectivity index (χ0n) is 18.3. The summed E-state index contributed by atoms with van der Waals surface area (Å²) in [7, 11) is 0. The second-order valence-electron chi connectivity index (χ2n) is 8.36. The molecular formula is C29H25NO3. The van der Waals surface area contributed by atoms with E-state index in [0.29, 0.717) is 12.2 Å². The van der Waals surface area contributed by atoms with Crippen molar-refractivity contribution in [1.82, 2.24) is 0 Å². The van der Waals surface area contributed by atoms with Gasteiger partial charge in [0.2, 0.25) is 5.91 Å². The third-order valence-electron chi connectivity index (χ3n) is 6.11. The molecule has 164 valence electrons. The van der Waals surface area contributed by atoms with Gasteiger partial charge in [0, 0.05) is 35.7 Å². The van der Waals surface area contributed by atoms with Gasteiger partial charge in [0.05, 0.1) is 0 Å². The smallest absolute Gasteiger partial charge is 0.232 e. The second kappa shape index (κ2) is 9.29. The van der Waals surface area contributed by atoms with Crippen molar-refractivity contribution >= 4 is 23.5 Å². The number of ketones is 1. The lowest BCUT2D eigenvalue weighted by Crippen LogP contribution is -2.40. The molecule has 1 aliphatic carbocycles. The number of benzene rings is 3. The van der Waals surface area contributed by atoms with Crippen molar-refractivity contribution in [3.8, 4) is 11.5 Å². The Hall–Kier alpha value is -3.92. The zero-order chi connectivity index (χ0) is 22.6. The Kier molecular flexibility index (Phi) is 5.90. The van der Waals surface area contributed by atoms with Crippen LogP contribution in [0.4, 0.5) is 5.69 Å². The van der Waals surface area contributed by atoms with Crippen molar-refractivity contribution in [2.75, 3.05) is 4.90 Å². The highest BCUT2D eigenvalue weighted by Crippen LogP contribution is 2.40. The highest BCUT2D eigenvalue weighted by molar-refractivity contribution is 6.06. The van der Waals surface area contributed by atoms with E-state index >= 15 is 0 Å². The highest BCUT2D eigenvalue weighted by Gasteiger charge is 2.37. The van der Waals surface area contributed by atoms with Crippen LogP contribution in [0.5, 0.6) is 11.5 Å². The van der Waals surface area contributed by atoms with E-state index in [4.69, 9.17) is 4.74 Å². The topological polar surface area (TPSA) is 46.6 Å². The molecule has 0 N–H and O–H groups in total. The molecule has 0 saturated heterocycles. The molecule has 1 unspecified atom stereocenters. The molecule has 3 aromatic carbocycles. The van der Waals surface area contributed by atoms with E-state index in [0.717, 1.165) is 41.1 Å². The molecular weight excluding hydrogens is 410 g/mol. The average molecular weight is 436 g/mol. The van der Waals surface area contributed by atoms with Gasteiger partial charge < -0.3 is 4.74 Å². The van der Waals surface area contributed by atoms with Gasteiger partial charge >= 0.3 is 0 Å². The van der Waals surface area contributed by atoms with Gasteiger partial charge in [0.25, 0.3) is 0 Å². The minimum atomic E-state index is -0.183. The lowest BCUT2D eigenvalue weighted by molar-refractivity contribution is -0.120. The van der Waals surface area contributed by atoms with Crippen LogP contribution in [-0.4, -0.2) is 11.7 Å². The summed E-state index contributed by atoms with van der Waals surface area (Å²) in [6.07, 6.45) is 6.35. The second-order valence-corrected chi connectivity index (χ2v) is 8.36. The molecule has 1 aliphatic heterocycles. The first-order valence-corrected chi connectivity index (χ1v) is 11.3. The van der Waals surface area contributed by atoms with E-state index < -0.39 is 0 Å². The van der Waals surface area contributed by atoms with Crippen LogP contribution in [0.15, 0.2) is 102 Å². The van der Waals surface area contributed by atoms with Crippen LogP contribution < -0.4 is 9.64 Å². The van der Waals surface area contributed by atoms with Crippen molar-refractivity contribution < 1.29 is 14.3 Å². The van der Waals surface area contributed by atoms with Crippen LogP contribution in [-0.2, 0) is 9.59 Å². The van der Waals surface area contributed by atoms with Crippen molar-refractivity contribution in [2.45, 2.75) is 25.7 Å². The van der Waals surface area contributed by atoms with E-state index in [1.807, 2.05) is 97.1 Å². The number of ether oxygens (including phenoxy) is 1. The summed E-state index contributed by atoms with van der Waals surface area (Å²) in [6, 6.07) is 27.1. The molecule has 2 aliphatic rings. The molecule has 5 rings (SSSR count). The first kappa shape index (κ1) is 21.0. The molecule has 33 heavy (non-hydrogen) atoms. The summed E-state index contributed by atoms with van der Waals surface area (Å²) >= 11 is 0. The Morgan fingerprint density at radius 3 is 2.18 bits per heavy atom. The quantitative estimate of drug-likeness (QED) is 0.456. The number of Topliss-reactive ketones (excluding diaryl/α,β-unsaturated/α-hetero) is 1. The number of para-hydroxylation sites is 1. The van der Waals surface area contributed by atoms with Crippen molar-refractivity contribution in [2.24, 2.45) is 5.92 Å². The van der Waals surface area contributed by atoms with Crippen LogP contribution in [0.1, 0.15) is 31.2 Å². The lowest BCUT2D eigenvalue weighted by atomic mass is 9.80. The van der Waals surface area contributed by atoms with Crippen molar-refractivity contribution in [3.05, 3.63) is 108 Å². The van der Waals surface area contributed by atoms with Crippen LogP contribution >= 0.6 is 0 Å². The first-order valence-electron chi connectivity index (χ1n) is 11.3. The molecule has 3 aromatic rings. The third kappa shape index (κ3) is 4.51. The van der Waals surface area contributed by atoms with Gasteiger partial charge in [-0.05, 0) is 54.8 Å². The zero-order valence-corrected chi connectivity index (χ0v) is 18.3. The maximum absolute atomic E-state index is 13.3. The molecule has 4 heteroatoms. The Morgan fingerprint density at radius 2 is 1.45 bits per heavy atom. The molecule has 0 spiro atoms. The normalized spacial score (nSPS) is 18.5. The molecule has 1 atom stereocenters. The van der Waals surface area contributed by atoms with Crippen LogP contribution in [0.3, 0.4) is 0 Å². The number of allylic oxidation sites excluding steroid dienone is 3. The number of hydrogen-bond donors (Lipinski definition) is 0. The predicted molar refractivity (Wildman–Crippen MR) is 130 cm³/mol. The Morgan fingerprint density at radius 1 is 0.788 bits per heavy atom. The van der Waals surface area contributed by atoms with Gasteiger partial charge in [-0.2, -0.15) is 0 Å². The number of carbonyl (C=O) groups excluding carboxylic acids is 2. The number of carbonyl (C=O) groups is 2. The van der Waals surface area contributed by atoms with Gasteiger partial charge in [-0.1, -0.05) is 60.7 Å². The van der Waals surface area contributed by atoms with Gasteiger partial charge in [0.1, 0.15) is 11.5 Å². The molecule has 0 bridgehead atoms. The summed E-state index contributed by atoms with van der Waals surface area (Å²) in [5.74, 6) is 1.45. The molecule has 0 saturated carbocycles. The van der Waals surface area contributed by atoms with Crippen LogP contribution in [0.2, 0.25) is 0 Å². The fourth-order valence-corrected chi connectivity index (χ4v) is 4.58. The number of amides is 1. The predicted octanol–water partition coefficient (Wildman–Crippen LogP) is 6.55. The van der Waals surface area contributed by atoms with Gasteiger partial charge in [-0.15, -0.1) is 0 Å². The summed E-state index contributed by atoms with van der Waals surface area (Å²) in [6.45, 7) is 0. The summed E-state index contributed by atoms with van der Waals surface area (Å²) in [4.78, 5) is 28.0. The van der Waals surface area contributed by atoms with E-state index in [2.05, 4.69) is 0 Å². The monoisotopic (exact) mass is 435 g/mol. The molecule has 0 aromatic heterocycles. The fraction of sp³-hybridized carbons (Fsp3) is 0.172. The van der Waals surface area contributed by atoms with Gasteiger partial charge in [-0.25, -0.2) is 0 Å². The largest absolute Gasteiger partial charge is 0.457 e. The summed E-state index contributed by atoms with van der Waals surface area (Å²) in [5, 5.41) is 0. The first-order chi connectivity index (χ1) is 16.2. The van der Waals surface area contributed by atoms with E-state index in [1.165, 1.54) is 0 Å². The number of rotatable bonds is 5. The van der Waals surface area contributed by atoms with E-state index in [9.17, 15) is 9.59 Å². The summed E-state index contributed by atoms with van der Waals surface area (Å²) in [5.41, 5.74) is 3.47. The minimum Gasteiger partial charge on any atom is -0.457 e. The molecule has 1 amide bonds. The fourth-order valence-electron chi connectivity index (χ4n) is 4.58. The maximum atomic E-state index is 13.3. The molecule has 0 fully saturated rings. The number of anilines is 1. The van der Waals surface area contributed by atoms with Crippen molar-refractivity contribution in [3.63, 3.8) is 0 Å². The lowest BCUT2D eigenvalue weighted by Gasteiger charge is -2.37. The molecule has 0 radical (unpaired) electrons. The maximum Gasteiger partial charge on any atom is 0.232 e. The van der Waals surface area contributed by atoms with Crippen LogP contribution in [0, 0.1) is 5.92 Å². The molecule has 4 nitrogen and oxygen atoms in total. The SMILES string of the molecule is O=C1CCCC2=C1C(/C=C/c1ccccc1)CC(=O)N2c1ccc(Oc2ccccc2)cc1. The Bertz CT molecular complexity index is 1210. The third-order valence-corrected chi connectivity index (χ3v) is 6.11. The standard InChI is InChI=1S/C29H25NO3/c31-27-13-7-12-26-29(27)22(15-14-21-8-3-1-4-9-21)20-28(32)30(26)23-16-18-25(19-17-23)33-24-10-5-2-6-11-24/h1-6,8-11,14-19,22H,7,12-13,20H2/b15-14+. The van der Waals surface area contributed by atoms with Crippen molar-refractivity contribution in [1.29, 1.82) is 0 Å². The average Bonchev–Trinajstić information content (AvgIpc) is 2.85. The Balaban J connectivity index is 1.44.